The molecule has 3 nitrogen and oxygen atoms in total. The van der Waals surface area contributed by atoms with Crippen LogP contribution >= 0.6 is 0 Å². The van der Waals surface area contributed by atoms with Crippen molar-refractivity contribution in [2.75, 3.05) is 0 Å². The smallest absolute Gasteiger partial charge is 0.140 e. The number of hydrogen-bond acceptors (Lipinski definition) is 3. The van der Waals surface area contributed by atoms with Gasteiger partial charge in [0.15, 0.2) is 0 Å². The van der Waals surface area contributed by atoms with Crippen LogP contribution in [-0.2, 0) is 6.42 Å². The molecule has 0 unspecified atom stereocenters. The zero-order valence-corrected chi connectivity index (χ0v) is 15.9. The summed E-state index contributed by atoms with van der Waals surface area (Å²) < 4.78 is 19.6. The van der Waals surface area contributed by atoms with Gasteiger partial charge in [0.2, 0.25) is 0 Å². The molecule has 3 aromatic rings. The summed E-state index contributed by atoms with van der Waals surface area (Å²) >= 11 is 0. The van der Waals surface area contributed by atoms with Gasteiger partial charge in [0, 0.05) is 12.4 Å². The van der Waals surface area contributed by atoms with Crippen LogP contribution in [0.5, 0.6) is 5.75 Å². The molecule has 0 aliphatic carbocycles. The molecule has 0 radical (unpaired) electrons. The molecular weight excluding hydrogens is 351 g/mol. The summed E-state index contributed by atoms with van der Waals surface area (Å²) in [7, 11) is 0. The molecule has 3 rings (SSSR count). The van der Waals surface area contributed by atoms with E-state index in [1.165, 1.54) is 11.6 Å². The lowest BCUT2D eigenvalue weighted by molar-refractivity contribution is 0.184. The highest BCUT2D eigenvalue weighted by molar-refractivity contribution is 5.66. The van der Waals surface area contributed by atoms with Crippen molar-refractivity contribution in [2.24, 2.45) is 0 Å². The molecule has 2 aromatic carbocycles. The molecule has 0 fully saturated rings. The van der Waals surface area contributed by atoms with Crippen molar-refractivity contribution in [1.82, 2.24) is 4.98 Å². The summed E-state index contributed by atoms with van der Waals surface area (Å²) in [6, 6.07) is 18.2. The second-order valence-electron chi connectivity index (χ2n) is 6.73. The fraction of sp³-hybridized carbons (Fsp3) is 0.250. The van der Waals surface area contributed by atoms with Gasteiger partial charge < -0.3 is 4.74 Å². The zero-order valence-electron chi connectivity index (χ0n) is 15.9. The Balaban J connectivity index is 1.58. The van der Waals surface area contributed by atoms with Crippen LogP contribution in [-0.4, -0.2) is 11.1 Å². The summed E-state index contributed by atoms with van der Waals surface area (Å²) in [5.74, 6) is 0.322. The quantitative estimate of drug-likeness (QED) is 0.490. The van der Waals surface area contributed by atoms with Crippen LogP contribution in [0.2, 0.25) is 0 Å². The predicted molar refractivity (Wildman–Crippen MR) is 108 cm³/mol. The number of halogens is 1. The van der Waals surface area contributed by atoms with E-state index in [9.17, 15) is 4.39 Å². The van der Waals surface area contributed by atoms with Gasteiger partial charge in [-0.1, -0.05) is 31.2 Å². The van der Waals surface area contributed by atoms with Gasteiger partial charge in [0.1, 0.15) is 17.6 Å². The fourth-order valence-electron chi connectivity index (χ4n) is 3.14. The van der Waals surface area contributed by atoms with Crippen LogP contribution in [0.4, 0.5) is 4.39 Å². The van der Waals surface area contributed by atoms with Gasteiger partial charge in [0.25, 0.3) is 0 Å². The summed E-state index contributed by atoms with van der Waals surface area (Å²) in [5, 5.41) is 8.99. The Morgan fingerprint density at radius 1 is 1.11 bits per heavy atom. The van der Waals surface area contributed by atoms with E-state index in [1.807, 2.05) is 42.6 Å². The predicted octanol–water partition coefficient (Wildman–Crippen LogP) is 5.94. The van der Waals surface area contributed by atoms with E-state index in [0.29, 0.717) is 0 Å². The van der Waals surface area contributed by atoms with Gasteiger partial charge in [-0.3, -0.25) is 4.98 Å². The van der Waals surface area contributed by atoms with Gasteiger partial charge in [-0.15, -0.1) is 0 Å². The highest BCUT2D eigenvalue weighted by Crippen LogP contribution is 2.25. The van der Waals surface area contributed by atoms with Gasteiger partial charge in [-0.05, 0) is 72.7 Å². The molecule has 4 heteroatoms. The molecule has 0 aliphatic heterocycles. The number of nitrogens with zero attached hydrogens (tertiary/aromatic N) is 2. The van der Waals surface area contributed by atoms with Gasteiger partial charge in [0.05, 0.1) is 11.7 Å². The second-order valence-corrected chi connectivity index (χ2v) is 6.73. The highest BCUT2D eigenvalue weighted by atomic mass is 19.1. The minimum absolute atomic E-state index is 0.0532. The molecule has 0 bridgehead atoms. The van der Waals surface area contributed by atoms with E-state index >= 15 is 0 Å². The number of hydrogen-bond donors (Lipinski definition) is 0. The van der Waals surface area contributed by atoms with Crippen LogP contribution in [0.15, 0.2) is 67.0 Å². The highest BCUT2D eigenvalue weighted by Gasteiger charge is 2.09. The number of aryl methyl sites for hydroxylation is 1. The molecule has 142 valence electrons. The van der Waals surface area contributed by atoms with Crippen LogP contribution in [0, 0.1) is 17.1 Å². The normalized spacial score (nSPS) is 11.6. The minimum atomic E-state index is -0.497. The zero-order chi connectivity index (χ0) is 19.8. The second kappa shape index (κ2) is 9.66. The summed E-state index contributed by atoms with van der Waals surface area (Å²) in [5.41, 5.74) is 3.04. The average Bonchev–Trinajstić information content (AvgIpc) is 2.74. The first-order valence-corrected chi connectivity index (χ1v) is 9.55. The molecule has 1 aromatic heterocycles. The Morgan fingerprint density at radius 3 is 2.57 bits per heavy atom. The van der Waals surface area contributed by atoms with E-state index in [4.69, 9.17) is 10.00 Å². The van der Waals surface area contributed by atoms with Crippen molar-refractivity contribution >= 4 is 0 Å². The van der Waals surface area contributed by atoms with Crippen LogP contribution in [0.25, 0.3) is 11.1 Å². The number of rotatable bonds is 8. The molecule has 28 heavy (non-hydrogen) atoms. The number of ether oxygens (including phenoxy) is 1. The third kappa shape index (κ3) is 5.17. The number of aromatic nitrogens is 1. The van der Waals surface area contributed by atoms with Crippen molar-refractivity contribution in [3.63, 3.8) is 0 Å². The van der Waals surface area contributed by atoms with Crippen molar-refractivity contribution in [2.45, 2.75) is 38.7 Å². The molecule has 0 spiro atoms. The van der Waals surface area contributed by atoms with Crippen molar-refractivity contribution < 1.29 is 9.13 Å². The van der Waals surface area contributed by atoms with E-state index in [1.54, 1.807) is 18.3 Å². The van der Waals surface area contributed by atoms with E-state index in [2.05, 4.69) is 18.0 Å². The lowest BCUT2D eigenvalue weighted by Gasteiger charge is -2.18. The molecule has 0 saturated heterocycles. The lowest BCUT2D eigenvalue weighted by Crippen LogP contribution is -2.15. The number of nitriles is 1. The minimum Gasteiger partial charge on any atom is -0.490 e. The molecule has 0 aliphatic rings. The Kier molecular flexibility index (Phi) is 6.75. The molecule has 0 amide bonds. The van der Waals surface area contributed by atoms with Gasteiger partial charge >= 0.3 is 0 Å². The average molecular weight is 374 g/mol. The number of pyridine rings is 1. The van der Waals surface area contributed by atoms with Gasteiger partial charge in [-0.25, -0.2) is 4.39 Å². The van der Waals surface area contributed by atoms with Crippen molar-refractivity contribution in [1.29, 1.82) is 5.26 Å². The van der Waals surface area contributed by atoms with Gasteiger partial charge in [-0.2, -0.15) is 5.26 Å². The first-order chi connectivity index (χ1) is 13.7. The molecular formula is C24H23FN2O. The Morgan fingerprint density at radius 2 is 1.89 bits per heavy atom. The summed E-state index contributed by atoms with van der Waals surface area (Å²) in [4.78, 5) is 4.15. The van der Waals surface area contributed by atoms with E-state index < -0.39 is 5.82 Å². The maximum atomic E-state index is 13.5. The van der Waals surface area contributed by atoms with E-state index in [0.717, 1.165) is 42.6 Å². The summed E-state index contributed by atoms with van der Waals surface area (Å²) in [6.07, 6.45) is 7.84. The maximum Gasteiger partial charge on any atom is 0.140 e. The lowest BCUT2D eigenvalue weighted by atomic mass is 10.0. The topological polar surface area (TPSA) is 45.9 Å². The molecule has 1 heterocycles. The first-order valence-electron chi connectivity index (χ1n) is 9.55. The Hall–Kier alpha value is -3.19. The third-order valence-electron chi connectivity index (χ3n) is 4.75. The van der Waals surface area contributed by atoms with Crippen molar-refractivity contribution in [3.05, 3.63) is 83.9 Å². The molecule has 1 atom stereocenters. The molecule has 0 N–H and O–H groups in total. The maximum absolute atomic E-state index is 13.5. The molecule has 0 saturated carbocycles. The number of benzene rings is 2. The van der Waals surface area contributed by atoms with Crippen LogP contribution in [0.3, 0.4) is 0 Å². The van der Waals surface area contributed by atoms with Crippen LogP contribution in [0.1, 0.15) is 37.3 Å². The van der Waals surface area contributed by atoms with Crippen molar-refractivity contribution in [3.8, 4) is 22.9 Å². The third-order valence-corrected chi connectivity index (χ3v) is 4.75. The Bertz CT molecular complexity index is 933. The monoisotopic (exact) mass is 374 g/mol. The van der Waals surface area contributed by atoms with E-state index in [-0.39, 0.29) is 11.7 Å². The standard InChI is InChI=1S/C24H23FN2O/c1-2-22(7-3-5-18-6-4-14-27-17-18)28-23-11-8-19(9-12-23)20-10-13-24(25)21(15-20)16-26/h4,6,8-15,17,22H,2-3,5,7H2,1H3/t22-/m0/s1. The first kappa shape index (κ1) is 19.6. The SMILES string of the molecule is CC[C@@H](CCCc1cccnc1)Oc1ccc(-c2ccc(F)c(C#N)c2)cc1. The fourth-order valence-corrected chi connectivity index (χ4v) is 3.14. The Labute approximate surface area is 165 Å². The largest absolute Gasteiger partial charge is 0.490 e. The summed E-state index contributed by atoms with van der Waals surface area (Å²) in [6.45, 7) is 2.13. The van der Waals surface area contributed by atoms with Crippen LogP contribution < -0.4 is 4.74 Å².